The van der Waals surface area contributed by atoms with Crippen LogP contribution in [0.15, 0.2) is 42.5 Å². The van der Waals surface area contributed by atoms with E-state index in [9.17, 15) is 9.59 Å². The summed E-state index contributed by atoms with van der Waals surface area (Å²) >= 11 is 0. The average Bonchev–Trinajstić information content (AvgIpc) is 2.65. The van der Waals surface area contributed by atoms with Crippen LogP contribution in [0, 0.1) is 5.92 Å². The number of carbonyl (C=O) groups excluding carboxylic acids is 2. The van der Waals surface area contributed by atoms with Gasteiger partial charge in [0.2, 0.25) is 5.91 Å². The zero-order chi connectivity index (χ0) is 16.9. The fourth-order valence-corrected chi connectivity index (χ4v) is 3.36. The molecule has 0 N–H and O–H groups in total. The molecule has 0 aromatic heterocycles. The molecule has 0 radical (unpaired) electrons. The maximum atomic E-state index is 13.0. The second kappa shape index (κ2) is 7.58. The first-order chi connectivity index (χ1) is 11.7. The Kier molecular flexibility index (Phi) is 5.26. The molecule has 2 aromatic rings. The summed E-state index contributed by atoms with van der Waals surface area (Å²) in [6.07, 6.45) is 1.69. The number of benzene rings is 2. The average molecular weight is 325 g/mol. The number of likely N-dealkylation sites (tertiary alicyclic amines) is 1. The van der Waals surface area contributed by atoms with Crippen LogP contribution in [0.1, 0.15) is 30.1 Å². The molecule has 24 heavy (non-hydrogen) atoms. The number of carbonyl (C=O) groups is 2. The molecule has 4 heteroatoms. The highest BCUT2D eigenvalue weighted by molar-refractivity contribution is 6.09. The van der Waals surface area contributed by atoms with E-state index < -0.39 is 0 Å². The Morgan fingerprint density at radius 3 is 2.79 bits per heavy atom. The van der Waals surface area contributed by atoms with Crippen molar-refractivity contribution in [2.24, 2.45) is 5.92 Å². The Balaban J connectivity index is 1.78. The Hall–Kier alpha value is -2.20. The first-order valence-electron chi connectivity index (χ1n) is 8.58. The molecule has 1 heterocycles. The van der Waals surface area contributed by atoms with Crippen molar-refractivity contribution < 1.29 is 14.3 Å². The number of Topliss-reactive ketones (excluding diaryl/α,β-unsaturated/α-hetero) is 1. The van der Waals surface area contributed by atoms with Crippen LogP contribution in [0.5, 0.6) is 0 Å². The van der Waals surface area contributed by atoms with E-state index in [1.54, 1.807) is 4.90 Å². The Morgan fingerprint density at radius 2 is 1.96 bits per heavy atom. The predicted molar refractivity (Wildman–Crippen MR) is 94.1 cm³/mol. The van der Waals surface area contributed by atoms with Gasteiger partial charge in [0, 0.05) is 31.2 Å². The molecule has 0 aliphatic carbocycles. The summed E-state index contributed by atoms with van der Waals surface area (Å²) < 4.78 is 5.21. The summed E-state index contributed by atoms with van der Waals surface area (Å²) in [6.45, 7) is 3.71. The standard InChI is InChI=1S/C20H23NO3/c1-2-24-14-19(22)21-12-6-9-16(13-21)20(23)18-11-5-8-15-7-3-4-10-17(15)18/h3-5,7-8,10-11,16H,2,6,9,12-14H2,1H3. The van der Waals surface area contributed by atoms with Gasteiger partial charge in [0.1, 0.15) is 6.61 Å². The Labute approximate surface area is 142 Å². The highest BCUT2D eigenvalue weighted by Gasteiger charge is 2.29. The summed E-state index contributed by atoms with van der Waals surface area (Å²) in [7, 11) is 0. The van der Waals surface area contributed by atoms with Gasteiger partial charge in [0.25, 0.3) is 0 Å². The number of fused-ring (bicyclic) bond motifs is 1. The summed E-state index contributed by atoms with van der Waals surface area (Å²) in [6, 6.07) is 13.8. The first-order valence-corrected chi connectivity index (χ1v) is 8.58. The molecule has 1 unspecified atom stereocenters. The van der Waals surface area contributed by atoms with Crippen molar-refractivity contribution in [2.45, 2.75) is 19.8 Å². The second-order valence-electron chi connectivity index (χ2n) is 6.21. The number of ether oxygens (including phenoxy) is 1. The molecule has 1 aliphatic heterocycles. The molecule has 2 aromatic carbocycles. The van der Waals surface area contributed by atoms with Gasteiger partial charge in [0.05, 0.1) is 0 Å². The largest absolute Gasteiger partial charge is 0.372 e. The third-order valence-electron chi connectivity index (χ3n) is 4.63. The van der Waals surface area contributed by atoms with Gasteiger partial charge in [-0.05, 0) is 30.5 Å². The maximum absolute atomic E-state index is 13.0. The molecular weight excluding hydrogens is 302 g/mol. The highest BCUT2D eigenvalue weighted by Crippen LogP contribution is 2.26. The zero-order valence-electron chi connectivity index (χ0n) is 14.0. The van der Waals surface area contributed by atoms with Gasteiger partial charge < -0.3 is 9.64 Å². The fraction of sp³-hybridized carbons (Fsp3) is 0.400. The third kappa shape index (κ3) is 3.49. The van der Waals surface area contributed by atoms with E-state index in [4.69, 9.17) is 4.74 Å². The van der Waals surface area contributed by atoms with Crippen molar-refractivity contribution >= 4 is 22.5 Å². The van der Waals surface area contributed by atoms with E-state index in [0.29, 0.717) is 19.7 Å². The van der Waals surface area contributed by atoms with Crippen molar-refractivity contribution in [1.29, 1.82) is 0 Å². The number of nitrogens with zero attached hydrogens (tertiary/aromatic N) is 1. The van der Waals surface area contributed by atoms with E-state index >= 15 is 0 Å². The van der Waals surface area contributed by atoms with Crippen LogP contribution in [0.2, 0.25) is 0 Å². The lowest BCUT2D eigenvalue weighted by molar-refractivity contribution is -0.137. The van der Waals surface area contributed by atoms with Crippen LogP contribution >= 0.6 is 0 Å². The van der Waals surface area contributed by atoms with E-state index in [1.807, 2.05) is 49.4 Å². The van der Waals surface area contributed by atoms with Crippen molar-refractivity contribution in [2.75, 3.05) is 26.3 Å². The van der Waals surface area contributed by atoms with Crippen LogP contribution in [0.25, 0.3) is 10.8 Å². The number of rotatable bonds is 5. The third-order valence-corrected chi connectivity index (χ3v) is 4.63. The molecule has 0 saturated carbocycles. The molecule has 1 fully saturated rings. The minimum atomic E-state index is -0.130. The van der Waals surface area contributed by atoms with Crippen molar-refractivity contribution in [1.82, 2.24) is 4.90 Å². The molecule has 0 spiro atoms. The van der Waals surface area contributed by atoms with E-state index in [2.05, 4.69) is 0 Å². The van der Waals surface area contributed by atoms with Crippen LogP contribution in [0.3, 0.4) is 0 Å². The summed E-state index contributed by atoms with van der Waals surface area (Å²) in [5.41, 5.74) is 0.761. The van der Waals surface area contributed by atoms with Crippen LogP contribution in [-0.4, -0.2) is 42.9 Å². The first kappa shape index (κ1) is 16.7. The highest BCUT2D eigenvalue weighted by atomic mass is 16.5. The fourth-order valence-electron chi connectivity index (χ4n) is 3.36. The lowest BCUT2D eigenvalue weighted by Crippen LogP contribution is -2.43. The molecule has 1 atom stereocenters. The number of amides is 1. The maximum Gasteiger partial charge on any atom is 0.248 e. The molecular formula is C20H23NO3. The summed E-state index contributed by atoms with van der Waals surface area (Å²) in [5.74, 6) is -0.0110. The van der Waals surface area contributed by atoms with Crippen molar-refractivity contribution in [3.8, 4) is 0 Å². The smallest absolute Gasteiger partial charge is 0.248 e. The molecule has 1 saturated heterocycles. The number of hydrogen-bond donors (Lipinski definition) is 0. The Bertz CT molecular complexity index is 735. The lowest BCUT2D eigenvalue weighted by atomic mass is 9.88. The number of piperidine rings is 1. The number of ketones is 1. The molecule has 0 bridgehead atoms. The van der Waals surface area contributed by atoms with Gasteiger partial charge in [-0.3, -0.25) is 9.59 Å². The second-order valence-corrected chi connectivity index (χ2v) is 6.21. The van der Waals surface area contributed by atoms with Gasteiger partial charge in [-0.2, -0.15) is 0 Å². The molecule has 126 valence electrons. The van der Waals surface area contributed by atoms with Gasteiger partial charge in [-0.25, -0.2) is 0 Å². The quantitative estimate of drug-likeness (QED) is 0.793. The number of hydrogen-bond acceptors (Lipinski definition) is 3. The minimum Gasteiger partial charge on any atom is -0.372 e. The lowest BCUT2D eigenvalue weighted by Gasteiger charge is -2.32. The Morgan fingerprint density at radius 1 is 1.17 bits per heavy atom. The monoisotopic (exact) mass is 325 g/mol. The molecule has 3 rings (SSSR count). The normalized spacial score (nSPS) is 17.9. The van der Waals surface area contributed by atoms with Crippen molar-refractivity contribution in [3.05, 3.63) is 48.0 Å². The molecule has 1 aliphatic rings. The van der Waals surface area contributed by atoms with E-state index in [1.165, 1.54) is 0 Å². The summed E-state index contributed by atoms with van der Waals surface area (Å²) in [4.78, 5) is 27.0. The van der Waals surface area contributed by atoms with Crippen molar-refractivity contribution in [3.63, 3.8) is 0 Å². The van der Waals surface area contributed by atoms with Crippen LogP contribution < -0.4 is 0 Å². The zero-order valence-corrected chi connectivity index (χ0v) is 14.0. The van der Waals surface area contributed by atoms with Crippen LogP contribution in [0.4, 0.5) is 0 Å². The van der Waals surface area contributed by atoms with Gasteiger partial charge in [0.15, 0.2) is 5.78 Å². The molecule has 1 amide bonds. The van der Waals surface area contributed by atoms with Gasteiger partial charge in [-0.1, -0.05) is 42.5 Å². The van der Waals surface area contributed by atoms with E-state index in [0.717, 1.165) is 29.2 Å². The van der Waals surface area contributed by atoms with Crippen LogP contribution in [-0.2, 0) is 9.53 Å². The minimum absolute atomic E-state index is 0.0210. The SMILES string of the molecule is CCOCC(=O)N1CCCC(C(=O)c2cccc3ccccc23)C1. The summed E-state index contributed by atoms with van der Waals surface area (Å²) in [5, 5.41) is 2.06. The molecule has 4 nitrogen and oxygen atoms in total. The predicted octanol–water partition coefficient (Wildman–Crippen LogP) is 3.30. The van der Waals surface area contributed by atoms with E-state index in [-0.39, 0.29) is 24.2 Å². The topological polar surface area (TPSA) is 46.6 Å². The van der Waals surface area contributed by atoms with Gasteiger partial charge in [-0.15, -0.1) is 0 Å². The van der Waals surface area contributed by atoms with Gasteiger partial charge >= 0.3 is 0 Å².